The Morgan fingerprint density at radius 2 is 2.16 bits per heavy atom. The van der Waals surface area contributed by atoms with E-state index in [-0.39, 0.29) is 0 Å². The third-order valence-corrected chi connectivity index (χ3v) is 4.90. The first-order chi connectivity index (χ1) is 9.24. The molecule has 102 valence electrons. The van der Waals surface area contributed by atoms with Crippen LogP contribution in [0.4, 0.5) is 0 Å². The summed E-state index contributed by atoms with van der Waals surface area (Å²) in [7, 11) is 0. The summed E-state index contributed by atoms with van der Waals surface area (Å²) in [6.45, 7) is 0.894. The highest BCUT2D eigenvalue weighted by Gasteiger charge is 2.39. The monoisotopic (exact) mass is 321 g/mol. The summed E-state index contributed by atoms with van der Waals surface area (Å²) in [6, 6.07) is 8.86. The first-order valence-electron chi connectivity index (χ1n) is 7.05. The molecule has 0 spiro atoms. The number of guanidine groups is 1. The molecular weight excluding hydrogens is 302 g/mol. The summed E-state index contributed by atoms with van der Waals surface area (Å²) in [6.07, 6.45) is 5.14. The molecule has 2 fully saturated rings. The number of halogens is 1. The van der Waals surface area contributed by atoms with Crippen molar-refractivity contribution in [3.8, 4) is 0 Å². The van der Waals surface area contributed by atoms with Crippen LogP contribution in [0.1, 0.15) is 37.2 Å². The zero-order valence-electron chi connectivity index (χ0n) is 11.0. The number of nitrogens with two attached hydrogens (primary N) is 1. The van der Waals surface area contributed by atoms with Crippen molar-refractivity contribution in [3.05, 3.63) is 34.3 Å². The summed E-state index contributed by atoms with van der Waals surface area (Å²) in [5.74, 6) is 1.96. The fourth-order valence-corrected chi connectivity index (χ4v) is 3.19. The second kappa shape index (κ2) is 5.53. The van der Waals surface area contributed by atoms with Crippen molar-refractivity contribution in [2.75, 3.05) is 6.54 Å². The Morgan fingerprint density at radius 3 is 2.84 bits per heavy atom. The van der Waals surface area contributed by atoms with Crippen molar-refractivity contribution >= 4 is 21.9 Å². The number of aliphatic imine (C=N–C) groups is 1. The Balaban J connectivity index is 1.51. The predicted molar refractivity (Wildman–Crippen MR) is 82.3 cm³/mol. The van der Waals surface area contributed by atoms with E-state index in [4.69, 9.17) is 5.73 Å². The van der Waals surface area contributed by atoms with Crippen LogP contribution in [-0.4, -0.2) is 18.5 Å². The molecule has 3 N–H and O–H groups in total. The van der Waals surface area contributed by atoms with Crippen molar-refractivity contribution < 1.29 is 0 Å². The van der Waals surface area contributed by atoms with Crippen LogP contribution in [0.2, 0.25) is 0 Å². The van der Waals surface area contributed by atoms with Crippen molar-refractivity contribution in [1.82, 2.24) is 5.32 Å². The van der Waals surface area contributed by atoms with Crippen LogP contribution in [0.15, 0.2) is 33.7 Å². The van der Waals surface area contributed by atoms with Gasteiger partial charge in [0.05, 0.1) is 0 Å². The number of benzene rings is 1. The maximum absolute atomic E-state index is 5.95. The van der Waals surface area contributed by atoms with Gasteiger partial charge in [0.2, 0.25) is 0 Å². The molecule has 0 aliphatic heterocycles. The van der Waals surface area contributed by atoms with Crippen molar-refractivity contribution in [1.29, 1.82) is 0 Å². The SMILES string of the molecule is NC(=NCC1CCC1)N[C@@H]1C[C@H]1c1ccccc1Br. The van der Waals surface area contributed by atoms with Gasteiger partial charge in [0, 0.05) is 23.0 Å². The van der Waals surface area contributed by atoms with Crippen LogP contribution >= 0.6 is 15.9 Å². The lowest BCUT2D eigenvalue weighted by Gasteiger charge is -2.23. The molecule has 0 aromatic heterocycles. The smallest absolute Gasteiger partial charge is 0.188 e. The first kappa shape index (κ1) is 13.0. The van der Waals surface area contributed by atoms with Crippen LogP contribution in [-0.2, 0) is 0 Å². The fourth-order valence-electron chi connectivity index (χ4n) is 2.61. The zero-order chi connectivity index (χ0) is 13.2. The predicted octanol–water partition coefficient (Wildman–Crippen LogP) is 3.01. The van der Waals surface area contributed by atoms with E-state index >= 15 is 0 Å². The summed E-state index contributed by atoms with van der Waals surface area (Å²) < 4.78 is 1.19. The van der Waals surface area contributed by atoms with E-state index in [1.54, 1.807) is 0 Å². The van der Waals surface area contributed by atoms with Gasteiger partial charge >= 0.3 is 0 Å². The molecule has 19 heavy (non-hydrogen) atoms. The second-order valence-electron chi connectivity index (χ2n) is 5.64. The van der Waals surface area contributed by atoms with Gasteiger partial charge in [-0.3, -0.25) is 4.99 Å². The minimum Gasteiger partial charge on any atom is -0.370 e. The van der Waals surface area contributed by atoms with Gasteiger partial charge in [-0.25, -0.2) is 0 Å². The molecule has 0 amide bonds. The highest BCUT2D eigenvalue weighted by atomic mass is 79.9. The first-order valence-corrected chi connectivity index (χ1v) is 7.84. The number of rotatable bonds is 4. The van der Waals surface area contributed by atoms with Crippen LogP contribution in [0.5, 0.6) is 0 Å². The summed E-state index contributed by atoms with van der Waals surface area (Å²) in [5, 5.41) is 3.34. The van der Waals surface area contributed by atoms with Crippen LogP contribution in [0, 0.1) is 5.92 Å². The fraction of sp³-hybridized carbons (Fsp3) is 0.533. The van der Waals surface area contributed by atoms with E-state index in [2.05, 4.69) is 44.4 Å². The Morgan fingerprint density at radius 1 is 1.37 bits per heavy atom. The zero-order valence-corrected chi connectivity index (χ0v) is 12.6. The quantitative estimate of drug-likeness (QED) is 0.661. The van der Waals surface area contributed by atoms with Crippen LogP contribution in [0.25, 0.3) is 0 Å². The molecule has 4 heteroatoms. The third kappa shape index (κ3) is 3.11. The van der Waals surface area contributed by atoms with Gasteiger partial charge in [-0.05, 0) is 36.8 Å². The molecule has 0 saturated heterocycles. The molecule has 1 aromatic rings. The molecule has 0 radical (unpaired) electrons. The summed E-state index contributed by atoms with van der Waals surface area (Å²) in [5.41, 5.74) is 7.31. The molecule has 3 rings (SSSR count). The molecule has 2 atom stereocenters. The Labute approximate surface area is 122 Å². The van der Waals surface area contributed by atoms with E-state index in [1.165, 1.54) is 29.3 Å². The number of nitrogens with zero attached hydrogens (tertiary/aromatic N) is 1. The number of hydrogen-bond acceptors (Lipinski definition) is 1. The minimum absolute atomic E-state index is 0.448. The molecule has 2 saturated carbocycles. The van der Waals surface area contributed by atoms with Gasteiger partial charge in [-0.1, -0.05) is 40.5 Å². The number of hydrogen-bond donors (Lipinski definition) is 2. The standard InChI is InChI=1S/C15H20BrN3/c16-13-7-2-1-6-11(13)12-8-14(12)19-15(17)18-9-10-4-3-5-10/h1-2,6-7,10,12,14H,3-5,8-9H2,(H3,17,18,19)/t12-,14+/m0/s1. The minimum atomic E-state index is 0.448. The molecule has 3 nitrogen and oxygen atoms in total. The van der Waals surface area contributed by atoms with Gasteiger partial charge in [0.15, 0.2) is 5.96 Å². The van der Waals surface area contributed by atoms with Gasteiger partial charge in [-0.2, -0.15) is 0 Å². The average molecular weight is 322 g/mol. The van der Waals surface area contributed by atoms with Gasteiger partial charge in [-0.15, -0.1) is 0 Å². The number of nitrogens with one attached hydrogen (secondary N) is 1. The average Bonchev–Trinajstić information content (AvgIpc) is 3.06. The van der Waals surface area contributed by atoms with E-state index in [0.29, 0.717) is 17.9 Å². The van der Waals surface area contributed by atoms with Crippen molar-refractivity contribution in [2.24, 2.45) is 16.6 Å². The van der Waals surface area contributed by atoms with Gasteiger partial charge in [0.1, 0.15) is 0 Å². The van der Waals surface area contributed by atoms with Crippen molar-refractivity contribution in [3.63, 3.8) is 0 Å². The molecule has 0 unspecified atom stereocenters. The lowest BCUT2D eigenvalue weighted by molar-refractivity contribution is 0.326. The van der Waals surface area contributed by atoms with Crippen LogP contribution < -0.4 is 11.1 Å². The molecule has 0 heterocycles. The largest absolute Gasteiger partial charge is 0.370 e. The lowest BCUT2D eigenvalue weighted by Crippen LogP contribution is -2.35. The normalized spacial score (nSPS) is 26.9. The molecule has 0 bridgehead atoms. The highest BCUT2D eigenvalue weighted by Crippen LogP contribution is 2.43. The highest BCUT2D eigenvalue weighted by molar-refractivity contribution is 9.10. The van der Waals surface area contributed by atoms with Gasteiger partial charge in [0.25, 0.3) is 0 Å². The third-order valence-electron chi connectivity index (χ3n) is 4.17. The van der Waals surface area contributed by atoms with Crippen LogP contribution in [0.3, 0.4) is 0 Å². The summed E-state index contributed by atoms with van der Waals surface area (Å²) in [4.78, 5) is 4.45. The maximum atomic E-state index is 5.95. The molecule has 2 aliphatic rings. The topological polar surface area (TPSA) is 50.4 Å². The Hall–Kier alpha value is -1.03. The van der Waals surface area contributed by atoms with Crippen molar-refractivity contribution in [2.45, 2.75) is 37.6 Å². The Kier molecular flexibility index (Phi) is 3.78. The maximum Gasteiger partial charge on any atom is 0.188 e. The lowest BCUT2D eigenvalue weighted by atomic mass is 9.86. The van der Waals surface area contributed by atoms with Gasteiger partial charge < -0.3 is 11.1 Å². The van der Waals surface area contributed by atoms with E-state index in [0.717, 1.165) is 18.9 Å². The summed E-state index contributed by atoms with van der Waals surface area (Å²) >= 11 is 3.61. The molecule has 2 aliphatic carbocycles. The molecule has 1 aromatic carbocycles. The Bertz CT molecular complexity index is 482. The van der Waals surface area contributed by atoms with E-state index in [9.17, 15) is 0 Å². The molecular formula is C15H20BrN3. The second-order valence-corrected chi connectivity index (χ2v) is 6.49. The van der Waals surface area contributed by atoms with E-state index in [1.807, 2.05) is 6.07 Å². The van der Waals surface area contributed by atoms with E-state index < -0.39 is 0 Å².